The third kappa shape index (κ3) is 6.54. The van der Waals surface area contributed by atoms with Crippen molar-refractivity contribution in [2.24, 2.45) is 0 Å². The predicted molar refractivity (Wildman–Crippen MR) is 50.8 cm³/mol. The third-order valence-corrected chi connectivity index (χ3v) is 1.84. The van der Waals surface area contributed by atoms with Gasteiger partial charge in [0.1, 0.15) is 6.04 Å². The molecule has 4 nitrogen and oxygen atoms in total. The molecule has 0 saturated heterocycles. The molecule has 0 aromatic carbocycles. The van der Waals surface area contributed by atoms with Crippen molar-refractivity contribution in [2.45, 2.75) is 32.2 Å². The highest BCUT2D eigenvalue weighted by molar-refractivity contribution is 5.73. The van der Waals surface area contributed by atoms with Gasteiger partial charge in [0.2, 0.25) is 0 Å². The van der Waals surface area contributed by atoms with Crippen LogP contribution in [0.2, 0.25) is 0 Å². The Balaban J connectivity index is 3.33. The molecule has 0 aliphatic carbocycles. The molecule has 0 radical (unpaired) electrons. The first-order chi connectivity index (χ1) is 6.22. The highest BCUT2D eigenvalue weighted by atomic mass is 16.5. The van der Waals surface area contributed by atoms with E-state index < -0.39 is 12.0 Å². The van der Waals surface area contributed by atoms with Gasteiger partial charge < -0.3 is 15.2 Å². The Labute approximate surface area is 79.3 Å². The molecule has 0 heterocycles. The van der Waals surface area contributed by atoms with E-state index in [1.54, 1.807) is 7.05 Å². The lowest BCUT2D eigenvalue weighted by Crippen LogP contribution is -2.34. The Morgan fingerprint density at radius 3 is 2.69 bits per heavy atom. The minimum absolute atomic E-state index is 0.485. The van der Waals surface area contributed by atoms with Crippen LogP contribution in [0.4, 0.5) is 0 Å². The first kappa shape index (κ1) is 12.4. The summed E-state index contributed by atoms with van der Waals surface area (Å²) in [6.45, 7) is 3.33. The SMILES string of the molecule is CCCCOCCC(NC)C(=O)O. The molecule has 0 aromatic heterocycles. The maximum absolute atomic E-state index is 10.5. The largest absolute Gasteiger partial charge is 0.480 e. The summed E-state index contributed by atoms with van der Waals surface area (Å²) >= 11 is 0. The van der Waals surface area contributed by atoms with Gasteiger partial charge in [-0.3, -0.25) is 4.79 Å². The molecule has 0 aromatic rings. The quantitative estimate of drug-likeness (QED) is 0.556. The molecule has 78 valence electrons. The molecule has 0 aliphatic heterocycles. The van der Waals surface area contributed by atoms with E-state index in [2.05, 4.69) is 12.2 Å². The van der Waals surface area contributed by atoms with Gasteiger partial charge in [-0.25, -0.2) is 0 Å². The van der Waals surface area contributed by atoms with Crippen LogP contribution in [0.15, 0.2) is 0 Å². The second-order valence-corrected chi connectivity index (χ2v) is 2.93. The molecule has 0 fully saturated rings. The summed E-state index contributed by atoms with van der Waals surface area (Å²) in [5.41, 5.74) is 0. The van der Waals surface area contributed by atoms with Crippen LogP contribution in [-0.2, 0) is 9.53 Å². The Hall–Kier alpha value is -0.610. The Morgan fingerprint density at radius 1 is 1.54 bits per heavy atom. The van der Waals surface area contributed by atoms with Crippen LogP contribution in [0.5, 0.6) is 0 Å². The lowest BCUT2D eigenvalue weighted by Gasteiger charge is -2.10. The van der Waals surface area contributed by atoms with Gasteiger partial charge in [-0.05, 0) is 19.9 Å². The van der Waals surface area contributed by atoms with Crippen LogP contribution in [0.25, 0.3) is 0 Å². The van der Waals surface area contributed by atoms with Gasteiger partial charge >= 0.3 is 5.97 Å². The topological polar surface area (TPSA) is 58.6 Å². The summed E-state index contributed by atoms with van der Waals surface area (Å²) in [7, 11) is 1.64. The monoisotopic (exact) mass is 189 g/mol. The Morgan fingerprint density at radius 2 is 2.23 bits per heavy atom. The average molecular weight is 189 g/mol. The van der Waals surface area contributed by atoms with Crippen molar-refractivity contribution in [3.8, 4) is 0 Å². The summed E-state index contributed by atoms with van der Waals surface area (Å²) in [6, 6.07) is -0.485. The molecule has 0 saturated carbocycles. The van der Waals surface area contributed by atoms with E-state index in [-0.39, 0.29) is 0 Å². The van der Waals surface area contributed by atoms with E-state index in [1.807, 2.05) is 0 Å². The summed E-state index contributed by atoms with van der Waals surface area (Å²) < 4.78 is 5.25. The first-order valence-electron chi connectivity index (χ1n) is 4.70. The Bertz CT molecular complexity index is 139. The second-order valence-electron chi connectivity index (χ2n) is 2.93. The van der Waals surface area contributed by atoms with Crippen LogP contribution < -0.4 is 5.32 Å². The number of hydrogen-bond acceptors (Lipinski definition) is 3. The van der Waals surface area contributed by atoms with Crippen molar-refractivity contribution >= 4 is 5.97 Å². The predicted octanol–water partition coefficient (Wildman–Crippen LogP) is 0.866. The molecule has 1 unspecified atom stereocenters. The zero-order valence-electron chi connectivity index (χ0n) is 8.38. The molecule has 0 rings (SSSR count). The molecule has 0 spiro atoms. The van der Waals surface area contributed by atoms with Gasteiger partial charge in [0.15, 0.2) is 0 Å². The number of carboxylic acid groups (broad SMARTS) is 1. The van der Waals surface area contributed by atoms with Gasteiger partial charge in [0.05, 0.1) is 0 Å². The average Bonchev–Trinajstić information content (AvgIpc) is 2.10. The minimum Gasteiger partial charge on any atom is -0.480 e. The van der Waals surface area contributed by atoms with Gasteiger partial charge in [-0.2, -0.15) is 0 Å². The smallest absolute Gasteiger partial charge is 0.320 e. The van der Waals surface area contributed by atoms with Gasteiger partial charge in [0.25, 0.3) is 0 Å². The molecular formula is C9H19NO3. The lowest BCUT2D eigenvalue weighted by atomic mass is 10.2. The fraction of sp³-hybridized carbons (Fsp3) is 0.889. The summed E-state index contributed by atoms with van der Waals surface area (Å²) in [5, 5.41) is 11.4. The second kappa shape index (κ2) is 8.01. The number of hydrogen-bond donors (Lipinski definition) is 2. The van der Waals surface area contributed by atoms with E-state index in [0.717, 1.165) is 19.4 Å². The van der Waals surface area contributed by atoms with Crippen LogP contribution in [-0.4, -0.2) is 37.4 Å². The van der Waals surface area contributed by atoms with Crippen molar-refractivity contribution in [1.82, 2.24) is 5.32 Å². The number of carboxylic acids is 1. The van der Waals surface area contributed by atoms with Crippen LogP contribution >= 0.6 is 0 Å². The van der Waals surface area contributed by atoms with Gasteiger partial charge in [-0.1, -0.05) is 13.3 Å². The standard InChI is InChI=1S/C9H19NO3/c1-3-4-6-13-7-5-8(10-2)9(11)12/h8,10H,3-7H2,1-2H3,(H,11,12). The van der Waals surface area contributed by atoms with E-state index >= 15 is 0 Å². The Kier molecular flexibility index (Phi) is 7.63. The molecule has 0 aliphatic rings. The van der Waals surface area contributed by atoms with Crippen molar-refractivity contribution in [2.75, 3.05) is 20.3 Å². The number of carbonyl (C=O) groups is 1. The molecule has 4 heteroatoms. The van der Waals surface area contributed by atoms with Crippen LogP contribution in [0.1, 0.15) is 26.2 Å². The summed E-state index contributed by atoms with van der Waals surface area (Å²) in [5.74, 6) is -0.818. The third-order valence-electron chi connectivity index (χ3n) is 1.84. The van der Waals surface area contributed by atoms with Crippen molar-refractivity contribution < 1.29 is 14.6 Å². The van der Waals surface area contributed by atoms with E-state index in [0.29, 0.717) is 13.0 Å². The lowest BCUT2D eigenvalue weighted by molar-refractivity contribution is -0.139. The zero-order chi connectivity index (χ0) is 10.1. The van der Waals surface area contributed by atoms with Crippen molar-refractivity contribution in [3.05, 3.63) is 0 Å². The molecule has 0 amide bonds. The highest BCUT2D eigenvalue weighted by Gasteiger charge is 2.13. The van der Waals surface area contributed by atoms with Crippen molar-refractivity contribution in [3.63, 3.8) is 0 Å². The normalized spacial score (nSPS) is 12.8. The summed E-state index contributed by atoms with van der Waals surface area (Å²) in [6.07, 6.45) is 2.67. The minimum atomic E-state index is -0.818. The van der Waals surface area contributed by atoms with Crippen LogP contribution in [0.3, 0.4) is 0 Å². The maximum Gasteiger partial charge on any atom is 0.320 e. The van der Waals surface area contributed by atoms with Crippen molar-refractivity contribution in [1.29, 1.82) is 0 Å². The number of nitrogens with one attached hydrogen (secondary N) is 1. The number of rotatable bonds is 8. The number of likely N-dealkylation sites (N-methyl/N-ethyl adjacent to an activating group) is 1. The molecule has 1 atom stereocenters. The molecular weight excluding hydrogens is 170 g/mol. The summed E-state index contributed by atoms with van der Waals surface area (Å²) in [4.78, 5) is 10.5. The zero-order valence-corrected chi connectivity index (χ0v) is 8.38. The van der Waals surface area contributed by atoms with E-state index in [9.17, 15) is 4.79 Å². The fourth-order valence-corrected chi connectivity index (χ4v) is 0.941. The van der Waals surface area contributed by atoms with Crippen LogP contribution in [0, 0.1) is 0 Å². The molecule has 2 N–H and O–H groups in total. The number of ether oxygens (including phenoxy) is 1. The van der Waals surface area contributed by atoms with Gasteiger partial charge in [-0.15, -0.1) is 0 Å². The molecule has 13 heavy (non-hydrogen) atoms. The first-order valence-corrected chi connectivity index (χ1v) is 4.70. The van der Waals surface area contributed by atoms with E-state index in [4.69, 9.17) is 9.84 Å². The fourth-order valence-electron chi connectivity index (χ4n) is 0.941. The number of unbranched alkanes of at least 4 members (excludes halogenated alkanes) is 1. The highest BCUT2D eigenvalue weighted by Crippen LogP contribution is 1.94. The van der Waals surface area contributed by atoms with E-state index in [1.165, 1.54) is 0 Å². The number of aliphatic carboxylic acids is 1. The maximum atomic E-state index is 10.5. The molecule has 0 bridgehead atoms. The van der Waals surface area contributed by atoms with Gasteiger partial charge in [0, 0.05) is 13.2 Å².